The maximum absolute atomic E-state index is 12.5. The lowest BCUT2D eigenvalue weighted by Crippen LogP contribution is -2.42. The summed E-state index contributed by atoms with van der Waals surface area (Å²) in [4.78, 5) is 10.6. The molecule has 1 fully saturated rings. The van der Waals surface area contributed by atoms with E-state index < -0.39 is 31.1 Å². The first-order valence-electron chi connectivity index (χ1n) is 7.34. The molecule has 128 valence electrons. The molecule has 0 saturated heterocycles. The number of hydrogen-bond acceptors (Lipinski definition) is 6. The quantitative estimate of drug-likeness (QED) is 0.575. The SMILES string of the molecule is O=[N+]([O-])c1ccccc1S(=O)(=O)NCC(O)(c1cccs1)C1CC1. The van der Waals surface area contributed by atoms with Crippen LogP contribution < -0.4 is 4.72 Å². The van der Waals surface area contributed by atoms with Gasteiger partial charge in [-0.05, 0) is 36.3 Å². The normalized spacial score (nSPS) is 17.4. The van der Waals surface area contributed by atoms with Crippen molar-refractivity contribution in [1.29, 1.82) is 0 Å². The fourth-order valence-electron chi connectivity index (χ4n) is 2.64. The van der Waals surface area contributed by atoms with Gasteiger partial charge in [-0.1, -0.05) is 18.2 Å². The van der Waals surface area contributed by atoms with Gasteiger partial charge in [-0.15, -0.1) is 11.3 Å². The van der Waals surface area contributed by atoms with E-state index in [1.807, 2.05) is 5.38 Å². The van der Waals surface area contributed by atoms with Crippen LogP contribution >= 0.6 is 11.3 Å². The maximum Gasteiger partial charge on any atom is 0.289 e. The number of nitrogens with one attached hydrogen (secondary N) is 1. The van der Waals surface area contributed by atoms with Crippen molar-refractivity contribution in [2.24, 2.45) is 5.92 Å². The Balaban J connectivity index is 1.86. The summed E-state index contributed by atoms with van der Waals surface area (Å²) in [5.41, 5.74) is -1.78. The molecular weight excluding hydrogens is 352 g/mol. The molecule has 1 aromatic heterocycles. The molecule has 1 unspecified atom stereocenters. The van der Waals surface area contributed by atoms with Crippen molar-refractivity contribution < 1.29 is 18.4 Å². The van der Waals surface area contributed by atoms with Crippen LogP contribution in [0.1, 0.15) is 17.7 Å². The van der Waals surface area contributed by atoms with Crippen LogP contribution in [-0.2, 0) is 15.6 Å². The van der Waals surface area contributed by atoms with E-state index in [4.69, 9.17) is 0 Å². The summed E-state index contributed by atoms with van der Waals surface area (Å²) in [5, 5.41) is 23.8. The average Bonchev–Trinajstić information content (AvgIpc) is 3.28. The molecule has 24 heavy (non-hydrogen) atoms. The standard InChI is InChI=1S/C15H16N2O5S2/c18-15(11-7-8-11,14-6-3-9-23-14)10-16-24(21,22)13-5-2-1-4-12(13)17(19)20/h1-6,9,11,16,18H,7-8,10H2. The van der Waals surface area contributed by atoms with E-state index >= 15 is 0 Å². The van der Waals surface area contributed by atoms with Crippen molar-refractivity contribution in [3.05, 3.63) is 56.8 Å². The molecule has 0 bridgehead atoms. The summed E-state index contributed by atoms with van der Waals surface area (Å²) in [5.74, 6) is -0.00962. The minimum absolute atomic E-state index is 0.00962. The van der Waals surface area contributed by atoms with Crippen LogP contribution in [0.2, 0.25) is 0 Å². The highest BCUT2D eigenvalue weighted by Gasteiger charge is 2.46. The van der Waals surface area contributed by atoms with Gasteiger partial charge < -0.3 is 5.11 Å². The Morgan fingerprint density at radius 2 is 2.00 bits per heavy atom. The molecule has 2 aromatic rings. The Labute approximate surface area is 143 Å². The van der Waals surface area contributed by atoms with Gasteiger partial charge in [-0.2, -0.15) is 0 Å². The number of nitro groups is 1. The van der Waals surface area contributed by atoms with E-state index in [9.17, 15) is 23.6 Å². The third kappa shape index (κ3) is 3.20. The largest absolute Gasteiger partial charge is 0.383 e. The topological polar surface area (TPSA) is 110 Å². The molecule has 7 nitrogen and oxygen atoms in total. The van der Waals surface area contributed by atoms with Crippen LogP contribution in [0.25, 0.3) is 0 Å². The van der Waals surface area contributed by atoms with Crippen LogP contribution in [0.5, 0.6) is 0 Å². The predicted molar refractivity (Wildman–Crippen MR) is 89.2 cm³/mol. The summed E-state index contributed by atoms with van der Waals surface area (Å²) < 4.78 is 27.3. The van der Waals surface area contributed by atoms with E-state index in [0.29, 0.717) is 4.88 Å². The van der Waals surface area contributed by atoms with Gasteiger partial charge in [0.15, 0.2) is 4.90 Å². The molecule has 1 saturated carbocycles. The fraction of sp³-hybridized carbons (Fsp3) is 0.333. The Morgan fingerprint density at radius 3 is 2.58 bits per heavy atom. The Morgan fingerprint density at radius 1 is 1.29 bits per heavy atom. The van der Waals surface area contributed by atoms with Gasteiger partial charge in [0, 0.05) is 17.5 Å². The van der Waals surface area contributed by atoms with Crippen molar-refractivity contribution >= 4 is 27.0 Å². The van der Waals surface area contributed by atoms with Gasteiger partial charge in [0.2, 0.25) is 10.0 Å². The highest BCUT2D eigenvalue weighted by atomic mass is 32.2. The minimum atomic E-state index is -4.11. The minimum Gasteiger partial charge on any atom is -0.383 e. The highest BCUT2D eigenvalue weighted by molar-refractivity contribution is 7.89. The third-order valence-corrected chi connectivity index (χ3v) is 6.57. The van der Waals surface area contributed by atoms with Crippen LogP contribution in [0.3, 0.4) is 0 Å². The second-order valence-corrected chi connectivity index (χ2v) is 8.41. The number of para-hydroxylation sites is 1. The monoisotopic (exact) mass is 368 g/mol. The first-order chi connectivity index (χ1) is 11.3. The number of aliphatic hydroxyl groups is 1. The lowest BCUT2D eigenvalue weighted by atomic mass is 9.96. The zero-order valence-electron chi connectivity index (χ0n) is 12.6. The zero-order valence-corrected chi connectivity index (χ0v) is 14.2. The van der Waals surface area contributed by atoms with Gasteiger partial charge in [0.1, 0.15) is 5.60 Å². The van der Waals surface area contributed by atoms with E-state index in [1.54, 1.807) is 12.1 Å². The summed E-state index contributed by atoms with van der Waals surface area (Å²) in [6.07, 6.45) is 1.64. The molecule has 1 atom stereocenters. The van der Waals surface area contributed by atoms with Crippen molar-refractivity contribution in [2.75, 3.05) is 6.54 Å². The van der Waals surface area contributed by atoms with Gasteiger partial charge in [0.05, 0.1) is 4.92 Å². The molecule has 9 heteroatoms. The molecule has 3 rings (SSSR count). The number of rotatable bonds is 7. The number of nitro benzene ring substituents is 1. The molecule has 0 spiro atoms. The summed E-state index contributed by atoms with van der Waals surface area (Å²) in [7, 11) is -4.11. The van der Waals surface area contributed by atoms with Crippen molar-refractivity contribution in [1.82, 2.24) is 4.72 Å². The predicted octanol–water partition coefficient (Wildman–Crippen LogP) is 2.23. The number of benzene rings is 1. The van der Waals surface area contributed by atoms with Crippen LogP contribution in [0, 0.1) is 16.0 Å². The van der Waals surface area contributed by atoms with Crippen molar-refractivity contribution in [3.63, 3.8) is 0 Å². The molecule has 0 amide bonds. The average molecular weight is 368 g/mol. The van der Waals surface area contributed by atoms with Crippen LogP contribution in [0.4, 0.5) is 5.69 Å². The molecule has 1 heterocycles. The van der Waals surface area contributed by atoms with Gasteiger partial charge in [0.25, 0.3) is 5.69 Å². The fourth-order valence-corrected chi connectivity index (χ4v) is 4.78. The zero-order chi connectivity index (χ0) is 17.4. The molecule has 0 aliphatic heterocycles. The second kappa shape index (κ2) is 6.25. The lowest BCUT2D eigenvalue weighted by molar-refractivity contribution is -0.387. The summed E-state index contributed by atoms with van der Waals surface area (Å²) in [6, 6.07) is 8.71. The third-order valence-electron chi connectivity index (χ3n) is 4.08. The number of hydrogen-bond donors (Lipinski definition) is 2. The Kier molecular flexibility index (Phi) is 4.43. The first kappa shape index (κ1) is 17.0. The Hall–Kier alpha value is -1.81. The molecule has 1 aromatic carbocycles. The molecule has 0 radical (unpaired) electrons. The van der Waals surface area contributed by atoms with Gasteiger partial charge >= 0.3 is 0 Å². The molecular formula is C15H16N2O5S2. The van der Waals surface area contributed by atoms with Crippen molar-refractivity contribution in [2.45, 2.75) is 23.3 Å². The smallest absolute Gasteiger partial charge is 0.289 e. The number of nitrogens with zero attached hydrogens (tertiary/aromatic N) is 1. The number of thiophene rings is 1. The summed E-state index contributed by atoms with van der Waals surface area (Å²) in [6.45, 7) is -0.216. The van der Waals surface area contributed by atoms with Gasteiger partial charge in [-0.3, -0.25) is 10.1 Å². The van der Waals surface area contributed by atoms with Crippen LogP contribution in [0.15, 0.2) is 46.7 Å². The second-order valence-electron chi connectivity index (χ2n) is 5.73. The van der Waals surface area contributed by atoms with Crippen LogP contribution in [-0.4, -0.2) is 25.0 Å². The van der Waals surface area contributed by atoms with E-state index in [1.165, 1.54) is 29.5 Å². The highest BCUT2D eigenvalue weighted by Crippen LogP contribution is 2.46. The van der Waals surface area contributed by atoms with Gasteiger partial charge in [-0.25, -0.2) is 13.1 Å². The molecule has 1 aliphatic carbocycles. The molecule has 2 N–H and O–H groups in total. The first-order valence-corrected chi connectivity index (χ1v) is 9.70. The van der Waals surface area contributed by atoms with E-state index in [-0.39, 0.29) is 12.5 Å². The summed E-state index contributed by atoms with van der Waals surface area (Å²) >= 11 is 1.36. The Bertz CT molecular complexity index is 847. The maximum atomic E-state index is 12.5. The number of sulfonamides is 1. The van der Waals surface area contributed by atoms with E-state index in [0.717, 1.165) is 18.9 Å². The van der Waals surface area contributed by atoms with Crippen molar-refractivity contribution in [3.8, 4) is 0 Å². The molecule has 1 aliphatic rings. The lowest BCUT2D eigenvalue weighted by Gasteiger charge is -2.27. The van der Waals surface area contributed by atoms with E-state index in [2.05, 4.69) is 4.72 Å².